The molecule has 0 amide bonds. The van der Waals surface area contributed by atoms with E-state index in [4.69, 9.17) is 4.74 Å². The Balaban J connectivity index is 2.10. The highest BCUT2D eigenvalue weighted by molar-refractivity contribution is 5.29. The van der Waals surface area contributed by atoms with Crippen LogP contribution in [0.1, 0.15) is 11.3 Å². The summed E-state index contributed by atoms with van der Waals surface area (Å²) in [6.45, 7) is 0. The minimum atomic E-state index is 0.823. The van der Waals surface area contributed by atoms with Crippen LogP contribution < -0.4 is 4.74 Å². The lowest BCUT2D eigenvalue weighted by Crippen LogP contribution is -1.89. The van der Waals surface area contributed by atoms with Crippen LogP contribution in [0.15, 0.2) is 30.3 Å². The van der Waals surface area contributed by atoms with Gasteiger partial charge in [0, 0.05) is 6.42 Å². The third-order valence-electron chi connectivity index (χ3n) is 2.05. The van der Waals surface area contributed by atoms with Crippen LogP contribution in [0.3, 0.4) is 0 Å². The minimum Gasteiger partial charge on any atom is -0.497 e. The molecule has 0 saturated heterocycles. The quantitative estimate of drug-likeness (QED) is 0.795. The van der Waals surface area contributed by atoms with Crippen molar-refractivity contribution in [3.8, 4) is 5.75 Å². The summed E-state index contributed by atoms with van der Waals surface area (Å²) in [6.07, 6.45) is 3.64. The van der Waals surface area contributed by atoms with E-state index in [0.717, 1.165) is 17.9 Å². The first-order valence-electron chi connectivity index (χ1n) is 4.42. The molecule has 71 valence electrons. The number of H-pyrrole nitrogens is 1. The summed E-state index contributed by atoms with van der Waals surface area (Å²) >= 11 is 0. The Morgan fingerprint density at radius 3 is 2.71 bits per heavy atom. The van der Waals surface area contributed by atoms with E-state index in [1.54, 1.807) is 7.11 Å². The molecule has 0 unspecified atom stereocenters. The van der Waals surface area contributed by atoms with Gasteiger partial charge < -0.3 is 4.74 Å². The van der Waals surface area contributed by atoms with Crippen molar-refractivity contribution in [3.05, 3.63) is 47.8 Å². The molecule has 0 aliphatic heterocycles. The number of aromatic nitrogens is 2. The third kappa shape index (κ3) is 1.93. The van der Waals surface area contributed by atoms with Gasteiger partial charge in [-0.25, -0.2) is 0 Å². The van der Waals surface area contributed by atoms with Gasteiger partial charge in [0.15, 0.2) is 0 Å². The number of benzene rings is 1. The largest absolute Gasteiger partial charge is 0.497 e. The zero-order chi connectivity index (χ0) is 9.80. The van der Waals surface area contributed by atoms with Crippen molar-refractivity contribution in [1.82, 2.24) is 10.2 Å². The molecule has 1 aromatic carbocycles. The van der Waals surface area contributed by atoms with Crippen molar-refractivity contribution in [2.24, 2.45) is 0 Å². The molecule has 0 spiro atoms. The average Bonchev–Trinajstić information content (AvgIpc) is 2.72. The van der Waals surface area contributed by atoms with Crippen molar-refractivity contribution >= 4 is 0 Å². The number of nitrogens with one attached hydrogen (secondary N) is 1. The molecule has 1 aromatic heterocycles. The van der Waals surface area contributed by atoms with E-state index in [2.05, 4.69) is 16.4 Å². The standard InChI is InChI=1S/C11H11N2O/c1-14-11-4-2-9(3-5-11)8-10-6-7-12-13-10/h2-6H,8H2,1H3,(H,12,13). The Morgan fingerprint density at radius 1 is 1.36 bits per heavy atom. The summed E-state index contributed by atoms with van der Waals surface area (Å²) in [4.78, 5) is 0. The molecular weight excluding hydrogens is 176 g/mol. The van der Waals surface area contributed by atoms with Gasteiger partial charge in [0.2, 0.25) is 0 Å². The van der Waals surface area contributed by atoms with Gasteiger partial charge in [0.05, 0.1) is 19.0 Å². The molecule has 1 heterocycles. The maximum absolute atomic E-state index is 5.08. The van der Waals surface area contributed by atoms with Gasteiger partial charge in [-0.2, -0.15) is 5.10 Å². The van der Waals surface area contributed by atoms with Crippen molar-refractivity contribution in [3.63, 3.8) is 0 Å². The molecule has 2 aromatic rings. The Hall–Kier alpha value is -1.77. The Bertz CT molecular complexity index is 378. The molecule has 0 atom stereocenters. The summed E-state index contributed by atoms with van der Waals surface area (Å²) in [5.41, 5.74) is 2.21. The molecule has 1 N–H and O–H groups in total. The lowest BCUT2D eigenvalue weighted by molar-refractivity contribution is 0.414. The van der Waals surface area contributed by atoms with Gasteiger partial charge in [-0.3, -0.25) is 5.10 Å². The van der Waals surface area contributed by atoms with E-state index in [1.807, 2.05) is 30.3 Å². The predicted molar refractivity (Wildman–Crippen MR) is 53.2 cm³/mol. The number of aromatic amines is 1. The van der Waals surface area contributed by atoms with Gasteiger partial charge in [-0.05, 0) is 23.8 Å². The van der Waals surface area contributed by atoms with E-state index >= 15 is 0 Å². The lowest BCUT2D eigenvalue weighted by atomic mass is 10.1. The molecule has 0 aliphatic rings. The van der Waals surface area contributed by atoms with Crippen LogP contribution in [-0.4, -0.2) is 17.3 Å². The zero-order valence-electron chi connectivity index (χ0n) is 7.95. The number of hydrogen-bond acceptors (Lipinski definition) is 2. The first-order valence-corrected chi connectivity index (χ1v) is 4.42. The second kappa shape index (κ2) is 3.96. The van der Waals surface area contributed by atoms with E-state index < -0.39 is 0 Å². The van der Waals surface area contributed by atoms with Crippen LogP contribution in [0.2, 0.25) is 0 Å². The highest BCUT2D eigenvalue weighted by Gasteiger charge is 1.98. The van der Waals surface area contributed by atoms with Crippen molar-refractivity contribution in [1.29, 1.82) is 0 Å². The zero-order valence-corrected chi connectivity index (χ0v) is 7.95. The number of methoxy groups -OCH3 is 1. The molecular formula is C11H11N2O. The number of rotatable bonds is 3. The van der Waals surface area contributed by atoms with Gasteiger partial charge >= 0.3 is 0 Å². The molecule has 0 aliphatic carbocycles. The normalized spacial score (nSPS) is 10.1. The van der Waals surface area contributed by atoms with Crippen LogP contribution in [0, 0.1) is 6.20 Å². The lowest BCUT2D eigenvalue weighted by Gasteiger charge is -2.01. The topological polar surface area (TPSA) is 37.9 Å². The molecule has 3 heteroatoms. The number of hydrogen-bond donors (Lipinski definition) is 1. The Morgan fingerprint density at radius 2 is 2.14 bits per heavy atom. The first kappa shape index (κ1) is 8.81. The second-order valence-electron chi connectivity index (χ2n) is 3.03. The fourth-order valence-electron chi connectivity index (χ4n) is 1.30. The fraction of sp³-hybridized carbons (Fsp3) is 0.182. The molecule has 0 saturated carbocycles. The monoisotopic (exact) mass is 187 g/mol. The van der Waals surface area contributed by atoms with E-state index in [9.17, 15) is 0 Å². The van der Waals surface area contributed by atoms with Crippen molar-refractivity contribution in [2.45, 2.75) is 6.42 Å². The summed E-state index contributed by atoms with van der Waals surface area (Å²) in [7, 11) is 1.66. The van der Waals surface area contributed by atoms with Gasteiger partial charge in [-0.15, -0.1) is 0 Å². The van der Waals surface area contributed by atoms with Gasteiger partial charge in [-0.1, -0.05) is 12.1 Å². The minimum absolute atomic E-state index is 0.823. The van der Waals surface area contributed by atoms with Crippen LogP contribution in [0.4, 0.5) is 0 Å². The molecule has 0 bridgehead atoms. The van der Waals surface area contributed by atoms with E-state index in [-0.39, 0.29) is 0 Å². The van der Waals surface area contributed by atoms with Crippen molar-refractivity contribution in [2.75, 3.05) is 7.11 Å². The molecule has 0 fully saturated rings. The maximum Gasteiger partial charge on any atom is 0.118 e. The average molecular weight is 187 g/mol. The summed E-state index contributed by atoms with van der Waals surface area (Å²) in [6, 6.07) is 9.82. The second-order valence-corrected chi connectivity index (χ2v) is 3.03. The maximum atomic E-state index is 5.08. The molecule has 2 rings (SSSR count). The number of ether oxygens (including phenoxy) is 1. The SMILES string of the molecule is COc1ccc(Cc2c[c][nH]n2)cc1. The molecule has 3 nitrogen and oxygen atoms in total. The van der Waals surface area contributed by atoms with Crippen LogP contribution in [-0.2, 0) is 6.42 Å². The fourth-order valence-corrected chi connectivity index (χ4v) is 1.30. The third-order valence-corrected chi connectivity index (χ3v) is 2.05. The van der Waals surface area contributed by atoms with Crippen molar-refractivity contribution < 1.29 is 4.74 Å². The predicted octanol–water partition coefficient (Wildman–Crippen LogP) is 1.81. The van der Waals surface area contributed by atoms with E-state index in [1.165, 1.54) is 5.56 Å². The summed E-state index contributed by atoms with van der Waals surface area (Å²) in [5.74, 6) is 0.877. The molecule has 14 heavy (non-hydrogen) atoms. The van der Waals surface area contributed by atoms with Gasteiger partial charge in [0.1, 0.15) is 5.75 Å². The highest BCUT2D eigenvalue weighted by Crippen LogP contribution is 2.13. The van der Waals surface area contributed by atoms with Crippen LogP contribution in [0.5, 0.6) is 5.75 Å². The van der Waals surface area contributed by atoms with Gasteiger partial charge in [0.25, 0.3) is 0 Å². The summed E-state index contributed by atoms with van der Waals surface area (Å²) in [5, 5.41) is 6.72. The Labute approximate surface area is 82.7 Å². The van der Waals surface area contributed by atoms with Crippen LogP contribution >= 0.6 is 0 Å². The number of nitrogens with zero attached hydrogens (tertiary/aromatic N) is 1. The Kier molecular flexibility index (Phi) is 2.49. The highest BCUT2D eigenvalue weighted by atomic mass is 16.5. The smallest absolute Gasteiger partial charge is 0.118 e. The van der Waals surface area contributed by atoms with E-state index in [0.29, 0.717) is 0 Å². The molecule has 1 radical (unpaired) electrons. The summed E-state index contributed by atoms with van der Waals surface area (Å²) < 4.78 is 5.08. The van der Waals surface area contributed by atoms with Crippen LogP contribution in [0.25, 0.3) is 0 Å². The first-order chi connectivity index (χ1) is 6.88.